The Bertz CT molecular complexity index is 1170. The number of likely N-dealkylation sites (tertiary alicyclic amines) is 1. The molecule has 1 N–H and O–H groups in total. The second kappa shape index (κ2) is 12.1. The molecule has 0 bridgehead atoms. The number of allylic oxidation sites excluding steroid dienone is 4. The van der Waals surface area contributed by atoms with Crippen molar-refractivity contribution in [2.75, 3.05) is 0 Å². The summed E-state index contributed by atoms with van der Waals surface area (Å²) >= 11 is 0. The van der Waals surface area contributed by atoms with Gasteiger partial charge in [-0.2, -0.15) is 0 Å². The summed E-state index contributed by atoms with van der Waals surface area (Å²) in [6, 6.07) is 12.5. The van der Waals surface area contributed by atoms with E-state index >= 15 is 0 Å². The van der Waals surface area contributed by atoms with Gasteiger partial charge in [0.25, 0.3) is 0 Å². The van der Waals surface area contributed by atoms with Crippen LogP contribution in [0.5, 0.6) is 0 Å². The van der Waals surface area contributed by atoms with E-state index in [0.29, 0.717) is 6.04 Å². The summed E-state index contributed by atoms with van der Waals surface area (Å²) in [6.07, 6.45) is 27.7. The number of hydrogen-bond acceptors (Lipinski definition) is 2. The molecule has 2 nitrogen and oxygen atoms in total. The molecule has 2 heteroatoms. The molecule has 7 rings (SSSR count). The number of fused-ring (bicyclic) bond motifs is 4. The third kappa shape index (κ3) is 5.35. The van der Waals surface area contributed by atoms with Gasteiger partial charge in [-0.1, -0.05) is 89.5 Å². The van der Waals surface area contributed by atoms with Gasteiger partial charge in [0.1, 0.15) is 0 Å². The molecule has 1 aromatic rings. The molecule has 7 unspecified atom stereocenters. The molecule has 0 aromatic heterocycles. The van der Waals surface area contributed by atoms with Crippen LogP contribution in [0.3, 0.4) is 0 Å². The molecular weight excluding hydrogens is 508 g/mol. The van der Waals surface area contributed by atoms with Crippen molar-refractivity contribution in [1.82, 2.24) is 10.2 Å². The summed E-state index contributed by atoms with van der Waals surface area (Å²) in [7, 11) is 0. The number of nitrogens with zero attached hydrogens (tertiary/aromatic N) is 1. The minimum atomic E-state index is 0.0803. The molecule has 42 heavy (non-hydrogen) atoms. The number of rotatable bonds is 5. The fourth-order valence-corrected chi connectivity index (χ4v) is 11.6. The quantitative estimate of drug-likeness (QED) is 0.356. The van der Waals surface area contributed by atoms with Crippen LogP contribution in [-0.2, 0) is 5.41 Å². The summed E-state index contributed by atoms with van der Waals surface area (Å²) < 4.78 is 0. The third-order valence-corrected chi connectivity index (χ3v) is 13.5. The van der Waals surface area contributed by atoms with Crippen molar-refractivity contribution in [3.8, 4) is 0 Å². The van der Waals surface area contributed by atoms with E-state index < -0.39 is 0 Å². The molecule has 5 aliphatic carbocycles. The van der Waals surface area contributed by atoms with Crippen LogP contribution in [0.2, 0.25) is 0 Å². The molecule has 7 atom stereocenters. The van der Waals surface area contributed by atoms with Crippen LogP contribution in [0.1, 0.15) is 148 Å². The lowest BCUT2D eigenvalue weighted by atomic mass is 9.67. The smallest absolute Gasteiger partial charge is 0.0260 e. The van der Waals surface area contributed by atoms with Gasteiger partial charge in [-0.25, -0.2) is 0 Å². The predicted molar refractivity (Wildman–Crippen MR) is 178 cm³/mol. The molecule has 0 radical (unpaired) electrons. The molecular formula is C40H60N2. The predicted octanol–water partition coefficient (Wildman–Crippen LogP) is 10.2. The minimum absolute atomic E-state index is 0.0803. The Labute approximate surface area is 258 Å². The average molecular weight is 569 g/mol. The van der Waals surface area contributed by atoms with Crippen molar-refractivity contribution in [2.45, 2.75) is 166 Å². The van der Waals surface area contributed by atoms with Gasteiger partial charge in [0.2, 0.25) is 0 Å². The van der Waals surface area contributed by atoms with Gasteiger partial charge in [-0.15, -0.1) is 0 Å². The van der Waals surface area contributed by atoms with Gasteiger partial charge in [-0.3, -0.25) is 4.90 Å². The Balaban J connectivity index is 1.05. The van der Waals surface area contributed by atoms with E-state index in [4.69, 9.17) is 0 Å². The summed E-state index contributed by atoms with van der Waals surface area (Å²) in [6.45, 7) is 9.50. The van der Waals surface area contributed by atoms with Gasteiger partial charge in [-0.05, 0) is 124 Å². The Morgan fingerprint density at radius 2 is 1.45 bits per heavy atom. The van der Waals surface area contributed by atoms with Crippen LogP contribution in [0.4, 0.5) is 0 Å². The highest BCUT2D eigenvalue weighted by molar-refractivity contribution is 5.81. The normalized spacial score (nSPS) is 37.6. The average Bonchev–Trinajstić information content (AvgIpc) is 3.28. The summed E-state index contributed by atoms with van der Waals surface area (Å²) in [4.78, 5) is 3.23. The molecule has 1 heterocycles. The monoisotopic (exact) mass is 568 g/mol. The topological polar surface area (TPSA) is 15.3 Å². The van der Waals surface area contributed by atoms with E-state index in [9.17, 15) is 0 Å². The van der Waals surface area contributed by atoms with Crippen molar-refractivity contribution in [3.63, 3.8) is 0 Å². The molecule has 4 saturated carbocycles. The van der Waals surface area contributed by atoms with E-state index in [1.54, 1.807) is 6.42 Å². The first kappa shape index (κ1) is 29.2. The molecule has 1 saturated heterocycles. The molecule has 230 valence electrons. The van der Waals surface area contributed by atoms with Crippen LogP contribution >= 0.6 is 0 Å². The number of nitrogens with one attached hydrogen (secondary N) is 1. The van der Waals surface area contributed by atoms with Crippen molar-refractivity contribution in [3.05, 3.63) is 52.7 Å². The lowest BCUT2D eigenvalue weighted by molar-refractivity contribution is 0.0436. The molecule has 0 spiro atoms. The highest BCUT2D eigenvalue weighted by atomic mass is 15.3. The van der Waals surface area contributed by atoms with Gasteiger partial charge >= 0.3 is 0 Å². The zero-order valence-corrected chi connectivity index (χ0v) is 27.5. The van der Waals surface area contributed by atoms with Crippen molar-refractivity contribution < 1.29 is 0 Å². The maximum Gasteiger partial charge on any atom is 0.0260 e. The molecule has 6 aliphatic rings. The van der Waals surface area contributed by atoms with E-state index in [1.165, 1.54) is 131 Å². The standard InChI is InChI=1S/C40H60N2/c1-27(24-37-28(2)33-18-10-12-20-36(33)40(37,3)4)41-31-15-9-8-14-29(25-31)30-22-23-35-34-19-11-13-21-38(34)42(39(35)26-30)32-16-6-5-7-17-32/h10,12,18,20,24,29-32,34-35,38-39,41H,5-9,11,13-17,19,21-23,25-26H2,1-4H3/b27-24+. The maximum atomic E-state index is 4.10. The summed E-state index contributed by atoms with van der Waals surface area (Å²) in [5, 5.41) is 4.10. The lowest BCUT2D eigenvalue weighted by Crippen LogP contribution is -2.48. The second-order valence-corrected chi connectivity index (χ2v) is 16.2. The second-order valence-electron chi connectivity index (χ2n) is 16.2. The van der Waals surface area contributed by atoms with Crippen molar-refractivity contribution in [2.24, 2.45) is 23.7 Å². The van der Waals surface area contributed by atoms with Crippen LogP contribution in [0.15, 0.2) is 41.6 Å². The zero-order valence-electron chi connectivity index (χ0n) is 27.5. The lowest BCUT2D eigenvalue weighted by Gasteiger charge is -2.45. The van der Waals surface area contributed by atoms with E-state index in [0.717, 1.165) is 41.8 Å². The maximum absolute atomic E-state index is 4.10. The minimum Gasteiger partial charge on any atom is -0.386 e. The number of hydrogen-bond donors (Lipinski definition) is 1. The Hall–Kier alpha value is -1.54. The van der Waals surface area contributed by atoms with Gasteiger partial charge in [0, 0.05) is 35.3 Å². The van der Waals surface area contributed by atoms with Crippen molar-refractivity contribution >= 4 is 5.57 Å². The van der Waals surface area contributed by atoms with E-state index in [2.05, 4.69) is 68.3 Å². The highest BCUT2D eigenvalue weighted by Gasteiger charge is 2.53. The summed E-state index contributed by atoms with van der Waals surface area (Å²) in [5.74, 6) is 3.93. The Kier molecular flexibility index (Phi) is 8.41. The third-order valence-electron chi connectivity index (χ3n) is 13.5. The largest absolute Gasteiger partial charge is 0.386 e. The first-order chi connectivity index (χ1) is 20.4. The molecule has 5 fully saturated rings. The molecule has 0 amide bonds. The van der Waals surface area contributed by atoms with Gasteiger partial charge < -0.3 is 5.32 Å². The van der Waals surface area contributed by atoms with Crippen LogP contribution in [-0.4, -0.2) is 29.1 Å². The zero-order chi connectivity index (χ0) is 28.8. The fraction of sp³-hybridized carbons (Fsp3) is 0.750. The Morgan fingerprint density at radius 1 is 0.762 bits per heavy atom. The number of benzene rings is 1. The highest BCUT2D eigenvalue weighted by Crippen LogP contribution is 2.54. The van der Waals surface area contributed by atoms with Crippen LogP contribution < -0.4 is 5.32 Å². The first-order valence-corrected chi connectivity index (χ1v) is 18.5. The molecule has 1 aliphatic heterocycles. The van der Waals surface area contributed by atoms with Crippen LogP contribution in [0.25, 0.3) is 5.57 Å². The Morgan fingerprint density at radius 3 is 2.29 bits per heavy atom. The SMILES string of the molecule is CC1=C(/C=C(\C)NC2CCCCC(C3CCC4C5CCCCC5N(C5CCCCC5)C4C3)C2)C(C)(C)c2ccccc21. The van der Waals surface area contributed by atoms with Gasteiger partial charge in [0.05, 0.1) is 0 Å². The fourth-order valence-electron chi connectivity index (χ4n) is 11.6. The van der Waals surface area contributed by atoms with E-state index in [-0.39, 0.29) is 5.41 Å². The van der Waals surface area contributed by atoms with Crippen LogP contribution in [0, 0.1) is 23.7 Å². The van der Waals surface area contributed by atoms with E-state index in [1.807, 2.05) is 0 Å². The summed E-state index contributed by atoms with van der Waals surface area (Å²) in [5.41, 5.74) is 7.36. The van der Waals surface area contributed by atoms with Gasteiger partial charge in [0.15, 0.2) is 0 Å². The van der Waals surface area contributed by atoms with Crippen molar-refractivity contribution in [1.29, 1.82) is 0 Å². The molecule has 1 aromatic carbocycles. The first-order valence-electron chi connectivity index (χ1n) is 18.5.